The van der Waals surface area contributed by atoms with Crippen molar-refractivity contribution in [2.75, 3.05) is 124 Å². The van der Waals surface area contributed by atoms with Gasteiger partial charge in [0.2, 0.25) is 0 Å². The Morgan fingerprint density at radius 2 is 0.603 bits per heavy atom. The summed E-state index contributed by atoms with van der Waals surface area (Å²) in [7, 11) is 10.6. The maximum absolute atomic E-state index is 14.3. The van der Waals surface area contributed by atoms with E-state index in [9.17, 15) is 82.4 Å². The molecule has 6 aromatic carbocycles. The summed E-state index contributed by atoms with van der Waals surface area (Å²) in [6, 6.07) is 42.1. The first-order chi connectivity index (χ1) is 69.8. The molecule has 14 N–H and O–H groups in total. The lowest BCUT2D eigenvalue weighted by atomic mass is 9.96. The zero-order valence-corrected chi connectivity index (χ0v) is 84.8. The number of piperidine rings is 3. The number of benzene rings is 6. The lowest BCUT2D eigenvalue weighted by Crippen LogP contribution is -2.29. The standard InChI is InChI=1S/C20H24N2O5.C20H24N2O4.C20H24N2O3.C19H22N2O4.C16H17FN2O3.C16H18N2O3/c1-3-13-17(21-19(24)16(18(13)23)20(25)26)14-8-7-12(11-15(14)27-2)22-9-5-4-6-10-22;1-3-14-17(21-19(24)16(18(14)23)20(25)26)15-8-7-13(11-12(15)2)22-9-5-4-6-10-22;1-3-14-12-17(20(24)25)19(23)21-18(14)16-8-7-15(11-13(16)2)22-9-5-4-6-10-22;1-3-12-10-15(19(23)24)18(22)20-17(12)14-7-6-13(11-16(14)25-2)21-8-4-5-9-21;1-4-9-7-12(16(21)22)15(20)18-14(9)11-6-5-10(19(2)3)8-13(11)17;1-4-10-9-12(16(20)21)15(19)17-14(10)11-7-5-6-8-13(11)18(2)3/h7-8,11H,3-6,9-10H2,1-2H3,(H,25,26)(H2,21,23,24);7-8,11H,3-6,9-10H2,1-2H3,(H,25,26)(H2,21,23,24);7-8,11-12H,3-6,9-10H2,1-2H3,(H,21,23)(H,24,25);6-7,10-11H,3-5,8-9H2,1-2H3,(H,20,22)(H,23,24);5-8H,4H2,1-3H3,(H,18,20)(H,21,22);5-9H,4H2,1-3H3,(H,17,19)(H,20,21). The zero-order valence-electron chi connectivity index (χ0n) is 84.8. The molecule has 16 rings (SSSR count). The summed E-state index contributed by atoms with van der Waals surface area (Å²) < 4.78 is 25.4. The smallest absolute Gasteiger partial charge is 0.345 e. The predicted octanol–water partition coefficient (Wildman–Crippen LogP) is 17.7. The number of hydrogen-bond donors (Lipinski definition) is 14. The number of aromatic amines is 6. The maximum Gasteiger partial charge on any atom is 0.345 e. The van der Waals surface area contributed by atoms with Gasteiger partial charge in [-0.25, -0.2) is 33.2 Å². The van der Waals surface area contributed by atoms with Gasteiger partial charge < -0.3 is 110 Å². The van der Waals surface area contributed by atoms with E-state index in [1.54, 1.807) is 52.3 Å². The topological polar surface area (TPSA) is 499 Å². The van der Waals surface area contributed by atoms with E-state index in [4.69, 9.17) is 29.9 Å². The van der Waals surface area contributed by atoms with Crippen molar-refractivity contribution in [2.24, 2.45) is 0 Å². The molecule has 0 saturated carbocycles. The van der Waals surface area contributed by atoms with E-state index >= 15 is 0 Å². The average Bonchev–Trinajstić information content (AvgIpc) is 0.853. The molecule has 772 valence electrons. The lowest BCUT2D eigenvalue weighted by Gasteiger charge is -2.29. The minimum atomic E-state index is -1.46. The number of carboxylic acids is 6. The number of nitrogens with zero attached hydrogens (tertiary/aromatic N) is 6. The van der Waals surface area contributed by atoms with Crippen molar-refractivity contribution in [1.82, 2.24) is 29.9 Å². The number of methoxy groups -OCH3 is 2. The molecule has 34 nitrogen and oxygen atoms in total. The number of ether oxygens (including phenoxy) is 2. The molecule has 4 aliphatic rings. The number of aromatic nitrogens is 6. The number of nitrogens with one attached hydrogen (secondary N) is 6. The molecule has 0 radical (unpaired) electrons. The fourth-order valence-corrected chi connectivity index (χ4v) is 18.7. The molecule has 10 heterocycles. The average molecular weight is 2000 g/mol. The van der Waals surface area contributed by atoms with Crippen molar-refractivity contribution in [3.63, 3.8) is 0 Å². The van der Waals surface area contributed by atoms with E-state index < -0.39 is 97.6 Å². The number of H-pyrrole nitrogens is 6. The molecular weight excluding hydrogens is 1870 g/mol. The summed E-state index contributed by atoms with van der Waals surface area (Å²) in [6.07, 6.45) is 16.5. The molecule has 0 spiro atoms. The van der Waals surface area contributed by atoms with Gasteiger partial charge in [0, 0.05) is 171 Å². The molecule has 146 heavy (non-hydrogen) atoms. The number of pyridine rings is 6. The monoisotopic (exact) mass is 2000 g/mol. The third-order valence-electron chi connectivity index (χ3n) is 26.5. The van der Waals surface area contributed by atoms with E-state index in [0.29, 0.717) is 106 Å². The number of aryl methyl sites for hydroxylation is 6. The lowest BCUT2D eigenvalue weighted by molar-refractivity contribution is 0.0680. The number of aromatic hydroxyl groups is 2. The fraction of sp³-hybridized carbons (Fsp3) is 0.351. The van der Waals surface area contributed by atoms with Crippen LogP contribution in [0.4, 0.5) is 38.5 Å². The summed E-state index contributed by atoms with van der Waals surface area (Å²) in [5.41, 5.74) is 13.1. The third-order valence-corrected chi connectivity index (χ3v) is 26.5. The molecule has 0 unspecified atom stereocenters. The SMILES string of the molecule is CCc1c(-c2ccc(N3CCCCC3)cc2C)[nH]c(=O)c(C(=O)O)c1O.CCc1c(-c2ccc(N3CCCCC3)cc2OC)[nH]c(=O)c(C(=O)O)c1O.CCc1cc(C(=O)O)c(=O)[nH]c1-c1ccc(N(C)C)cc1F.CCc1cc(C(=O)O)c(=O)[nH]c1-c1ccc(N2CCCC2)cc1OC.CCc1cc(C(=O)O)c(=O)[nH]c1-c1ccc(N2CCCCC2)cc1C.CCc1cc(C(=O)O)c(=O)[nH]c1-c1ccccc1N(C)C. The quantitative estimate of drug-likeness (QED) is 0.0239. The first kappa shape index (κ1) is 110. The van der Waals surface area contributed by atoms with Crippen LogP contribution in [0, 0.1) is 19.7 Å². The Hall–Kier alpha value is -16.2. The number of para-hydroxylation sites is 1. The van der Waals surface area contributed by atoms with Crippen LogP contribution in [-0.2, 0) is 38.5 Å². The van der Waals surface area contributed by atoms with Crippen LogP contribution in [0.5, 0.6) is 23.0 Å². The second-order valence-corrected chi connectivity index (χ2v) is 36.2. The first-order valence-electron chi connectivity index (χ1n) is 49.0. The summed E-state index contributed by atoms with van der Waals surface area (Å²) >= 11 is 0. The summed E-state index contributed by atoms with van der Waals surface area (Å²) in [5.74, 6) is -8.00. The summed E-state index contributed by atoms with van der Waals surface area (Å²) in [5, 5.41) is 75.4. The van der Waals surface area contributed by atoms with Crippen molar-refractivity contribution in [2.45, 2.75) is 165 Å². The molecule has 0 aliphatic carbocycles. The first-order valence-corrected chi connectivity index (χ1v) is 49.0. The number of anilines is 6. The van der Waals surface area contributed by atoms with Crippen molar-refractivity contribution in [3.05, 3.63) is 285 Å². The van der Waals surface area contributed by atoms with Crippen LogP contribution < -0.4 is 72.2 Å². The normalized spacial score (nSPS) is 13.2. The van der Waals surface area contributed by atoms with Crippen molar-refractivity contribution >= 4 is 69.9 Å². The number of halogens is 1. The van der Waals surface area contributed by atoms with Crippen LogP contribution in [0.15, 0.2) is 168 Å². The van der Waals surface area contributed by atoms with Gasteiger partial charge in [0.1, 0.15) is 51.1 Å². The van der Waals surface area contributed by atoms with Crippen LogP contribution in [-0.4, -0.2) is 201 Å². The number of carboxylic acid groups (broad SMARTS) is 6. The van der Waals surface area contributed by atoms with Gasteiger partial charge in [-0.2, -0.15) is 0 Å². The van der Waals surface area contributed by atoms with Gasteiger partial charge in [-0.1, -0.05) is 71.9 Å². The summed E-state index contributed by atoms with van der Waals surface area (Å²) in [6.45, 7) is 23.6. The minimum absolute atomic E-state index is 0.205. The highest BCUT2D eigenvalue weighted by Crippen LogP contribution is 2.42. The molecule has 6 aromatic heterocycles. The van der Waals surface area contributed by atoms with Crippen molar-refractivity contribution in [1.29, 1.82) is 0 Å². The van der Waals surface area contributed by atoms with Crippen LogP contribution in [0.1, 0.15) is 219 Å². The summed E-state index contributed by atoms with van der Waals surface area (Å²) in [4.78, 5) is 169. The highest BCUT2D eigenvalue weighted by Gasteiger charge is 2.30. The van der Waals surface area contributed by atoms with E-state index in [0.717, 1.165) is 144 Å². The Morgan fingerprint density at radius 3 is 0.904 bits per heavy atom. The number of hydrogen-bond acceptors (Lipinski definition) is 22. The molecule has 4 fully saturated rings. The molecule has 4 aliphatic heterocycles. The van der Waals surface area contributed by atoms with Gasteiger partial charge in [-0.05, 0) is 253 Å². The molecule has 12 aromatic rings. The second kappa shape index (κ2) is 50.1. The van der Waals surface area contributed by atoms with Gasteiger partial charge in [-0.3, -0.25) is 28.8 Å². The predicted molar refractivity (Wildman–Crippen MR) is 567 cm³/mol. The third kappa shape index (κ3) is 25.7. The highest BCUT2D eigenvalue weighted by atomic mass is 19.1. The van der Waals surface area contributed by atoms with E-state index in [1.807, 2.05) is 146 Å². The number of rotatable bonds is 26. The molecule has 0 atom stereocenters. The Bertz CT molecular complexity index is 7210. The van der Waals surface area contributed by atoms with E-state index in [1.165, 1.54) is 93.8 Å². The zero-order chi connectivity index (χ0) is 106. The second-order valence-electron chi connectivity index (χ2n) is 36.2. The molecule has 0 amide bonds. The van der Waals surface area contributed by atoms with Crippen molar-refractivity contribution in [3.8, 4) is 90.5 Å². The van der Waals surface area contributed by atoms with Gasteiger partial charge in [0.25, 0.3) is 33.4 Å². The van der Waals surface area contributed by atoms with Crippen molar-refractivity contribution < 1.29 is 83.5 Å². The maximum atomic E-state index is 14.3. The molecule has 0 bridgehead atoms. The molecule has 4 saturated heterocycles. The van der Waals surface area contributed by atoms with E-state index in [-0.39, 0.29) is 27.8 Å². The minimum Gasteiger partial charge on any atom is -0.506 e. The largest absolute Gasteiger partial charge is 0.506 e. The van der Waals surface area contributed by atoms with E-state index in [2.05, 4.69) is 67.7 Å². The van der Waals surface area contributed by atoms with Gasteiger partial charge >= 0.3 is 35.8 Å². The molecule has 35 heteroatoms. The van der Waals surface area contributed by atoms with Crippen LogP contribution >= 0.6 is 0 Å². The number of aromatic carboxylic acids is 6. The van der Waals surface area contributed by atoms with Gasteiger partial charge in [-0.15, -0.1) is 0 Å². The van der Waals surface area contributed by atoms with Crippen LogP contribution in [0.25, 0.3) is 67.5 Å². The Morgan fingerprint density at radius 1 is 0.322 bits per heavy atom. The van der Waals surface area contributed by atoms with Crippen LogP contribution in [0.3, 0.4) is 0 Å². The number of carbonyl (C=O) groups is 6. The fourth-order valence-electron chi connectivity index (χ4n) is 18.7. The Balaban J connectivity index is 0.000000167. The Kier molecular flexibility index (Phi) is 37.8. The molecular formula is C111H129FN12O22. The van der Waals surface area contributed by atoms with Gasteiger partial charge in [0.05, 0.1) is 48.4 Å². The van der Waals surface area contributed by atoms with Gasteiger partial charge in [0.15, 0.2) is 11.1 Å². The highest BCUT2D eigenvalue weighted by molar-refractivity contribution is 5.95. The Labute approximate surface area is 843 Å². The van der Waals surface area contributed by atoms with Crippen LogP contribution in [0.2, 0.25) is 0 Å².